The molecular weight excluding hydrogens is 436 g/mol. The molecular formula is C23H23F2N3O3S. The minimum absolute atomic E-state index is 0.00590. The lowest BCUT2D eigenvalue weighted by molar-refractivity contribution is 0.0383. The molecule has 1 aliphatic heterocycles. The van der Waals surface area contributed by atoms with Crippen LogP contribution >= 0.6 is 11.3 Å². The number of aromatic nitrogens is 1. The smallest absolute Gasteiger partial charge is 0.270 e. The molecule has 32 heavy (non-hydrogen) atoms. The molecule has 3 aromatic rings. The number of amides is 1. The number of benzene rings is 2. The summed E-state index contributed by atoms with van der Waals surface area (Å²) >= 11 is 1.33. The van der Waals surface area contributed by atoms with Crippen LogP contribution in [0.4, 0.5) is 8.78 Å². The quantitative estimate of drug-likeness (QED) is 0.556. The topological polar surface area (TPSA) is 63.7 Å². The number of rotatable bonds is 8. The number of halogens is 2. The van der Waals surface area contributed by atoms with Gasteiger partial charge in [0, 0.05) is 37.6 Å². The molecule has 6 nitrogen and oxygen atoms in total. The van der Waals surface area contributed by atoms with Gasteiger partial charge in [-0.25, -0.2) is 13.8 Å². The highest BCUT2D eigenvalue weighted by atomic mass is 32.1. The van der Waals surface area contributed by atoms with Gasteiger partial charge in [-0.2, -0.15) is 0 Å². The zero-order valence-corrected chi connectivity index (χ0v) is 18.2. The fourth-order valence-corrected chi connectivity index (χ4v) is 4.20. The summed E-state index contributed by atoms with van der Waals surface area (Å²) in [5.41, 5.74) is 1.44. The van der Waals surface area contributed by atoms with E-state index in [0.29, 0.717) is 34.1 Å². The number of thiazole rings is 1. The van der Waals surface area contributed by atoms with E-state index in [1.165, 1.54) is 23.5 Å². The average Bonchev–Trinajstić information content (AvgIpc) is 3.28. The van der Waals surface area contributed by atoms with Crippen molar-refractivity contribution in [1.82, 2.24) is 15.2 Å². The number of nitrogens with zero attached hydrogens (tertiary/aromatic N) is 2. The molecule has 1 amide bonds. The molecule has 0 radical (unpaired) electrons. The molecule has 2 aromatic carbocycles. The zero-order chi connectivity index (χ0) is 22.3. The number of nitrogens with one attached hydrogen (secondary N) is 1. The highest BCUT2D eigenvalue weighted by Gasteiger charge is 2.16. The molecule has 0 bridgehead atoms. The number of carbonyl (C=O) groups is 1. The third kappa shape index (κ3) is 5.87. The molecule has 0 aliphatic carbocycles. The van der Waals surface area contributed by atoms with E-state index >= 15 is 0 Å². The van der Waals surface area contributed by atoms with Crippen LogP contribution in [0, 0.1) is 11.6 Å². The second-order valence-electron chi connectivity index (χ2n) is 7.31. The highest BCUT2D eigenvalue weighted by molar-refractivity contribution is 7.13. The SMILES string of the molecule is O=C(NCCN1CCOCC1)c1csc(-c2ccccc2OCc2cc(F)cc(F)c2)n1. The van der Waals surface area contributed by atoms with Crippen LogP contribution in [0.1, 0.15) is 16.1 Å². The summed E-state index contributed by atoms with van der Waals surface area (Å²) in [6, 6.07) is 10.5. The summed E-state index contributed by atoms with van der Waals surface area (Å²) in [4.78, 5) is 19.2. The van der Waals surface area contributed by atoms with Crippen LogP contribution in [0.3, 0.4) is 0 Å². The van der Waals surface area contributed by atoms with Crippen molar-refractivity contribution in [2.45, 2.75) is 6.61 Å². The van der Waals surface area contributed by atoms with Gasteiger partial charge in [-0.1, -0.05) is 12.1 Å². The van der Waals surface area contributed by atoms with Crippen molar-refractivity contribution in [3.63, 3.8) is 0 Å². The Labute approximate surface area is 188 Å². The number of ether oxygens (including phenoxy) is 2. The summed E-state index contributed by atoms with van der Waals surface area (Å²) in [5, 5.41) is 5.24. The van der Waals surface area contributed by atoms with Crippen LogP contribution in [-0.4, -0.2) is 55.2 Å². The predicted octanol–water partition coefficient (Wildman–Crippen LogP) is 3.73. The molecule has 0 atom stereocenters. The Balaban J connectivity index is 1.38. The molecule has 168 valence electrons. The van der Waals surface area contributed by atoms with Crippen LogP contribution in [0.15, 0.2) is 47.8 Å². The van der Waals surface area contributed by atoms with Gasteiger partial charge >= 0.3 is 0 Å². The lowest BCUT2D eigenvalue weighted by Gasteiger charge is -2.26. The maximum atomic E-state index is 13.4. The Bertz CT molecular complexity index is 1050. The Kier molecular flexibility index (Phi) is 7.41. The van der Waals surface area contributed by atoms with Crippen molar-refractivity contribution in [2.75, 3.05) is 39.4 Å². The Morgan fingerprint density at radius 1 is 1.16 bits per heavy atom. The van der Waals surface area contributed by atoms with Gasteiger partial charge in [0.15, 0.2) is 0 Å². The van der Waals surface area contributed by atoms with Crippen LogP contribution in [0.5, 0.6) is 5.75 Å². The second kappa shape index (κ2) is 10.6. The van der Waals surface area contributed by atoms with E-state index < -0.39 is 11.6 Å². The largest absolute Gasteiger partial charge is 0.488 e. The molecule has 1 saturated heterocycles. The molecule has 0 unspecified atom stereocenters. The molecule has 1 fully saturated rings. The lowest BCUT2D eigenvalue weighted by atomic mass is 10.2. The first-order chi connectivity index (χ1) is 15.6. The minimum Gasteiger partial charge on any atom is -0.488 e. The van der Waals surface area contributed by atoms with E-state index in [2.05, 4.69) is 15.2 Å². The Hall–Kier alpha value is -2.88. The first-order valence-corrected chi connectivity index (χ1v) is 11.2. The van der Waals surface area contributed by atoms with Crippen molar-refractivity contribution in [3.8, 4) is 16.3 Å². The number of hydrogen-bond donors (Lipinski definition) is 1. The number of morpholine rings is 1. The van der Waals surface area contributed by atoms with E-state index in [1.807, 2.05) is 12.1 Å². The van der Waals surface area contributed by atoms with Crippen molar-refractivity contribution in [1.29, 1.82) is 0 Å². The van der Waals surface area contributed by atoms with E-state index in [1.54, 1.807) is 17.5 Å². The standard InChI is InChI=1S/C23H23F2N3O3S/c24-17-11-16(12-18(25)13-17)14-31-21-4-2-1-3-19(21)23-27-20(15-32-23)22(29)26-5-6-28-7-9-30-10-8-28/h1-4,11-13,15H,5-10,14H2,(H,26,29). The zero-order valence-electron chi connectivity index (χ0n) is 17.4. The number of carbonyl (C=O) groups excluding carboxylic acids is 1. The molecule has 9 heteroatoms. The van der Waals surface area contributed by atoms with Crippen molar-refractivity contribution < 1.29 is 23.0 Å². The summed E-state index contributed by atoms with van der Waals surface area (Å²) in [5.74, 6) is -1.01. The highest BCUT2D eigenvalue weighted by Crippen LogP contribution is 2.32. The van der Waals surface area contributed by atoms with Crippen LogP contribution in [0.2, 0.25) is 0 Å². The summed E-state index contributed by atoms with van der Waals surface area (Å²) < 4.78 is 38.0. The maximum absolute atomic E-state index is 13.4. The van der Waals surface area contributed by atoms with Gasteiger partial charge in [-0.15, -0.1) is 11.3 Å². The molecule has 0 spiro atoms. The lowest BCUT2D eigenvalue weighted by Crippen LogP contribution is -2.41. The fourth-order valence-electron chi connectivity index (χ4n) is 3.37. The molecule has 1 N–H and O–H groups in total. The van der Waals surface area contributed by atoms with E-state index in [4.69, 9.17) is 9.47 Å². The normalized spacial score (nSPS) is 14.3. The molecule has 0 saturated carbocycles. The van der Waals surface area contributed by atoms with Crippen molar-refractivity contribution in [2.24, 2.45) is 0 Å². The van der Waals surface area contributed by atoms with Gasteiger partial charge < -0.3 is 14.8 Å². The third-order valence-electron chi connectivity index (χ3n) is 4.99. The maximum Gasteiger partial charge on any atom is 0.270 e. The minimum atomic E-state index is -0.652. The van der Waals surface area contributed by atoms with E-state index in [-0.39, 0.29) is 12.5 Å². The van der Waals surface area contributed by atoms with Crippen LogP contribution < -0.4 is 10.1 Å². The van der Waals surface area contributed by atoms with Gasteiger partial charge in [-0.05, 0) is 29.8 Å². The Morgan fingerprint density at radius 2 is 1.91 bits per heavy atom. The van der Waals surface area contributed by atoms with Gasteiger partial charge in [-0.3, -0.25) is 9.69 Å². The number of para-hydroxylation sites is 1. The molecule has 2 heterocycles. The van der Waals surface area contributed by atoms with Gasteiger partial charge in [0.2, 0.25) is 0 Å². The Morgan fingerprint density at radius 3 is 2.69 bits per heavy atom. The van der Waals surface area contributed by atoms with Gasteiger partial charge in [0.05, 0.1) is 18.8 Å². The van der Waals surface area contributed by atoms with E-state index in [0.717, 1.165) is 38.9 Å². The van der Waals surface area contributed by atoms with E-state index in [9.17, 15) is 13.6 Å². The van der Waals surface area contributed by atoms with Crippen LogP contribution in [-0.2, 0) is 11.3 Å². The van der Waals surface area contributed by atoms with Crippen molar-refractivity contribution in [3.05, 3.63) is 70.7 Å². The first kappa shape index (κ1) is 22.3. The monoisotopic (exact) mass is 459 g/mol. The molecule has 1 aliphatic rings. The summed E-state index contributed by atoms with van der Waals surface area (Å²) in [6.45, 7) is 4.49. The molecule has 4 rings (SSSR count). The number of hydrogen-bond acceptors (Lipinski definition) is 6. The summed E-state index contributed by atoms with van der Waals surface area (Å²) in [7, 11) is 0. The second-order valence-corrected chi connectivity index (χ2v) is 8.17. The summed E-state index contributed by atoms with van der Waals surface area (Å²) in [6.07, 6.45) is 0. The van der Waals surface area contributed by atoms with Gasteiger partial charge in [0.1, 0.15) is 34.7 Å². The van der Waals surface area contributed by atoms with Crippen molar-refractivity contribution >= 4 is 17.2 Å². The predicted molar refractivity (Wildman–Crippen MR) is 118 cm³/mol. The van der Waals surface area contributed by atoms with Gasteiger partial charge in [0.25, 0.3) is 5.91 Å². The average molecular weight is 460 g/mol. The molecule has 1 aromatic heterocycles. The fraction of sp³-hybridized carbons (Fsp3) is 0.304. The van der Waals surface area contributed by atoms with Crippen LogP contribution in [0.25, 0.3) is 10.6 Å². The first-order valence-electron chi connectivity index (χ1n) is 10.3. The third-order valence-corrected chi connectivity index (χ3v) is 5.86.